The molecular weight excluding hydrogens is 902 g/mol. The molecular formula is C45H68ClN11O5S2Si. The predicted molar refractivity (Wildman–Crippen MR) is 259 cm³/mol. The van der Waals surface area contributed by atoms with E-state index >= 15 is 0 Å². The minimum Gasteiger partial charge on any atom is -0.359 e. The first-order valence-electron chi connectivity index (χ1n) is 23.7. The van der Waals surface area contributed by atoms with E-state index in [9.17, 15) is 16.8 Å². The number of benzene rings is 2. The van der Waals surface area contributed by atoms with Crippen molar-refractivity contribution in [2.24, 2.45) is 11.8 Å². The number of hydrogen-bond donors (Lipinski definition) is 5. The molecule has 16 nitrogen and oxygen atoms in total. The van der Waals surface area contributed by atoms with Crippen LogP contribution in [0.5, 0.6) is 0 Å². The molecule has 356 valence electrons. The summed E-state index contributed by atoms with van der Waals surface area (Å²) in [6, 6.07) is 5.74. The molecule has 2 aromatic heterocycles. The van der Waals surface area contributed by atoms with Gasteiger partial charge in [-0.3, -0.25) is 0 Å². The highest BCUT2D eigenvalue weighted by molar-refractivity contribution is 8.13. The van der Waals surface area contributed by atoms with Gasteiger partial charge in [0, 0.05) is 56.4 Å². The summed E-state index contributed by atoms with van der Waals surface area (Å²) < 4.78 is 57.9. The Balaban J connectivity index is 0.000000154. The van der Waals surface area contributed by atoms with Gasteiger partial charge in [-0.05, 0) is 166 Å². The number of nitrogens with zero attached hydrogens (tertiary/aromatic N) is 6. The molecule has 4 aliphatic carbocycles. The first-order valence-corrected chi connectivity index (χ1v) is 31.2. The zero-order chi connectivity index (χ0) is 45.9. The molecule has 10 rings (SSSR count). The second-order valence-electron chi connectivity index (χ2n) is 19.7. The molecule has 0 atom stereocenters. The number of aryl methyl sites for hydroxylation is 4. The van der Waals surface area contributed by atoms with E-state index in [2.05, 4.69) is 85.2 Å². The summed E-state index contributed by atoms with van der Waals surface area (Å²) in [5.74, 6) is 2.07. The van der Waals surface area contributed by atoms with Gasteiger partial charge in [0.25, 0.3) is 29.4 Å². The Morgan fingerprint density at radius 2 is 1.35 bits per heavy atom. The van der Waals surface area contributed by atoms with Crippen LogP contribution >= 0.6 is 10.7 Å². The number of H-pyrrole nitrogens is 1. The molecule has 4 heterocycles. The Kier molecular flexibility index (Phi) is 15.1. The number of ether oxygens (including phenoxy) is 1. The monoisotopic (exact) mass is 969 g/mol. The number of aromatic amines is 1. The maximum Gasteiger partial charge on any atom is 0.298 e. The summed E-state index contributed by atoms with van der Waals surface area (Å²) in [4.78, 5) is 8.48. The molecule has 2 fully saturated rings. The van der Waals surface area contributed by atoms with Crippen molar-refractivity contribution >= 4 is 61.1 Å². The van der Waals surface area contributed by atoms with Gasteiger partial charge < -0.3 is 26.0 Å². The summed E-state index contributed by atoms with van der Waals surface area (Å²) >= 11 is 0. The molecule has 0 unspecified atom stereocenters. The summed E-state index contributed by atoms with van der Waals surface area (Å²) in [6.07, 6.45) is 16.0. The van der Waals surface area contributed by atoms with Gasteiger partial charge in [-0.15, -0.1) is 10.2 Å². The van der Waals surface area contributed by atoms with Crippen molar-refractivity contribution < 1.29 is 21.6 Å². The molecule has 2 saturated heterocycles. The molecule has 4 aromatic rings. The number of nitrogens with one attached hydrogen (secondary N) is 5. The van der Waals surface area contributed by atoms with E-state index in [4.69, 9.17) is 15.4 Å². The Hall–Kier alpha value is -3.43. The van der Waals surface area contributed by atoms with Crippen LogP contribution in [0.1, 0.15) is 90.0 Å². The average molecular weight is 971 g/mol. The largest absolute Gasteiger partial charge is 0.359 e. The third-order valence-electron chi connectivity index (χ3n) is 13.5. The van der Waals surface area contributed by atoms with Crippen LogP contribution in [0.25, 0.3) is 0 Å². The Bertz CT molecular complexity index is 2490. The van der Waals surface area contributed by atoms with Crippen molar-refractivity contribution in [2.75, 3.05) is 57.0 Å². The normalized spacial score (nSPS) is 18.1. The van der Waals surface area contributed by atoms with Crippen molar-refractivity contribution in [3.63, 3.8) is 0 Å². The van der Waals surface area contributed by atoms with Gasteiger partial charge in [0.2, 0.25) is 11.9 Å². The van der Waals surface area contributed by atoms with Crippen molar-refractivity contribution in [3.8, 4) is 0 Å². The lowest BCUT2D eigenvalue weighted by Gasteiger charge is -2.37. The summed E-state index contributed by atoms with van der Waals surface area (Å²) in [5, 5.41) is 23.5. The molecule has 20 heteroatoms. The van der Waals surface area contributed by atoms with Crippen LogP contribution in [0, 0.1) is 11.8 Å². The van der Waals surface area contributed by atoms with E-state index in [1.807, 2.05) is 7.05 Å². The zero-order valence-corrected chi connectivity index (χ0v) is 42.2. The topological polar surface area (TPSA) is 201 Å². The number of rotatable bonds is 16. The lowest BCUT2D eigenvalue weighted by Crippen LogP contribution is -2.52. The lowest BCUT2D eigenvalue weighted by atomic mass is 9.98. The van der Waals surface area contributed by atoms with E-state index in [0.29, 0.717) is 37.5 Å². The number of halogens is 1. The van der Waals surface area contributed by atoms with Gasteiger partial charge in [0.15, 0.2) is 0 Å². The Labute approximate surface area is 390 Å². The zero-order valence-electron chi connectivity index (χ0n) is 38.8. The van der Waals surface area contributed by atoms with E-state index < -0.39 is 32.3 Å². The van der Waals surface area contributed by atoms with Gasteiger partial charge in [-0.1, -0.05) is 45.1 Å². The Morgan fingerprint density at radius 3 is 1.82 bits per heavy atom. The van der Waals surface area contributed by atoms with Crippen LogP contribution in [-0.2, 0) is 81.9 Å². The van der Waals surface area contributed by atoms with Gasteiger partial charge in [-0.25, -0.2) is 26.6 Å². The number of fused-ring (bicyclic) bond motifs is 4. The fourth-order valence-corrected chi connectivity index (χ4v) is 12.7. The van der Waals surface area contributed by atoms with Gasteiger partial charge in [0.1, 0.15) is 6.73 Å². The molecule has 0 bridgehead atoms. The highest BCUT2D eigenvalue weighted by atomic mass is 35.7. The van der Waals surface area contributed by atoms with Crippen LogP contribution in [0.3, 0.4) is 0 Å². The Morgan fingerprint density at radius 1 is 0.800 bits per heavy atom. The van der Waals surface area contributed by atoms with E-state index in [0.717, 1.165) is 94.1 Å². The maximum atomic E-state index is 12.7. The lowest BCUT2D eigenvalue weighted by molar-refractivity contribution is 0.0792. The predicted octanol–water partition coefficient (Wildman–Crippen LogP) is 6.61. The van der Waals surface area contributed by atoms with Crippen LogP contribution in [-0.4, -0.2) is 106 Å². The quantitative estimate of drug-likeness (QED) is 0.0457. The van der Waals surface area contributed by atoms with Gasteiger partial charge >= 0.3 is 0 Å². The molecule has 2 aromatic carbocycles. The second kappa shape index (κ2) is 20.4. The SMILES string of the molecule is CCCC1CNC1.CNCC1CN(S(=O)(=O)c2nc(Nc3c4c(cc5c3CCC5)CCC4)n[nH]2)C1.C[Si](C)(C)CCOCn1nc(S(=O)(=O)Cl)nc1Nc1c2c(cc3c1CCC3)CCC2. The first kappa shape index (κ1) is 48.0. The molecule has 5 N–H and O–H groups in total. The molecule has 0 radical (unpaired) electrons. The van der Waals surface area contributed by atoms with Crippen LogP contribution in [0.4, 0.5) is 23.3 Å². The minimum absolute atomic E-state index is 0.0814. The molecule has 2 aliphatic heterocycles. The molecule has 0 amide bonds. The van der Waals surface area contributed by atoms with Crippen LogP contribution in [0.2, 0.25) is 25.7 Å². The summed E-state index contributed by atoms with van der Waals surface area (Å²) in [5.41, 5.74) is 13.2. The molecule has 6 aliphatic rings. The summed E-state index contributed by atoms with van der Waals surface area (Å²) in [7, 11) is -1.46. The fraction of sp³-hybridized carbons (Fsp3) is 0.644. The third-order valence-corrected chi connectivity index (χ3v) is 17.9. The van der Waals surface area contributed by atoms with Gasteiger partial charge in [-0.2, -0.15) is 14.3 Å². The molecule has 0 spiro atoms. The number of sulfonamides is 1. The fourth-order valence-electron chi connectivity index (χ4n) is 9.93. The smallest absolute Gasteiger partial charge is 0.298 e. The van der Waals surface area contributed by atoms with Crippen molar-refractivity contribution in [1.29, 1.82) is 0 Å². The van der Waals surface area contributed by atoms with Crippen LogP contribution in [0.15, 0.2) is 22.4 Å². The standard InChI is InChI=1S/C20H29ClN4O3SSi.C19H26N6O2S.C6H13N/c1-30(2,3)11-10-28-13-25-19(23-20(24-25)29(21,26)27)22-18-16-8-4-6-14(16)12-15-7-5-9-17(15)18;1-20-9-12-10-25(11-12)28(26,27)19-22-18(23-24-19)21-17-15-6-2-4-13(15)8-14-5-3-7-16(14)17;1-2-3-6-4-7-5-6/h12H,4-11,13H2,1-3H3,(H,22,23,24);8,12,20H,2-7,9-11H2,1H3,(H2,21,22,23,24);6-7H,2-5H2,1H3. The minimum atomic E-state index is -4.03. The van der Waals surface area contributed by atoms with Crippen molar-refractivity contribution in [2.45, 2.75) is 140 Å². The third kappa shape index (κ3) is 11.3. The second-order valence-corrected chi connectivity index (χ2v) is 29.7. The highest BCUT2D eigenvalue weighted by Gasteiger charge is 2.38. The van der Waals surface area contributed by atoms with Crippen molar-refractivity contribution in [1.82, 2.24) is 44.9 Å². The van der Waals surface area contributed by atoms with E-state index in [1.54, 1.807) is 0 Å². The molecule has 65 heavy (non-hydrogen) atoms. The van der Waals surface area contributed by atoms with Crippen LogP contribution < -0.4 is 21.3 Å². The highest BCUT2D eigenvalue weighted by Crippen LogP contribution is 2.41. The summed E-state index contributed by atoms with van der Waals surface area (Å²) in [6.45, 7) is 14.2. The number of anilines is 4. The number of aromatic nitrogens is 6. The van der Waals surface area contributed by atoms with Crippen molar-refractivity contribution in [3.05, 3.63) is 56.6 Å². The van der Waals surface area contributed by atoms with Gasteiger partial charge in [0.05, 0.1) is 0 Å². The van der Waals surface area contributed by atoms with E-state index in [1.165, 1.54) is 92.3 Å². The maximum absolute atomic E-state index is 12.7. The number of hydrogen-bond acceptors (Lipinski definition) is 13. The molecule has 0 saturated carbocycles. The first-order chi connectivity index (χ1) is 31.1. The average Bonchev–Trinajstić information content (AvgIpc) is 4.08. The van der Waals surface area contributed by atoms with E-state index in [-0.39, 0.29) is 11.9 Å².